The Bertz CT molecular complexity index is 1120. The molecule has 0 aliphatic heterocycles. The maximum Gasteiger partial charge on any atom is 0.251 e. The van der Waals surface area contributed by atoms with Crippen molar-refractivity contribution in [3.05, 3.63) is 69.9 Å². The van der Waals surface area contributed by atoms with Crippen LogP contribution in [0.1, 0.15) is 20.9 Å². The maximum absolute atomic E-state index is 13.4. The second kappa shape index (κ2) is 7.28. The number of halogens is 1. The topological polar surface area (TPSA) is 68.0 Å². The van der Waals surface area contributed by atoms with E-state index < -0.39 is 0 Å². The molecule has 2 aromatic heterocycles. The lowest BCUT2D eigenvalue weighted by Gasteiger charge is -2.04. The van der Waals surface area contributed by atoms with E-state index in [0.29, 0.717) is 34.7 Å². The zero-order valence-electron chi connectivity index (χ0n) is 14.5. The summed E-state index contributed by atoms with van der Waals surface area (Å²) in [6.45, 7) is 2.50. The minimum atomic E-state index is -0.356. The van der Waals surface area contributed by atoms with Gasteiger partial charge in [-0.1, -0.05) is 6.07 Å². The summed E-state index contributed by atoms with van der Waals surface area (Å²) in [5, 5.41) is 2.91. The predicted octanol–water partition coefficient (Wildman–Crippen LogP) is 4.37. The first-order valence-electron chi connectivity index (χ1n) is 8.44. The Kier molecular flexibility index (Phi) is 4.68. The summed E-state index contributed by atoms with van der Waals surface area (Å²) in [6.07, 6.45) is 0.748. The van der Waals surface area contributed by atoms with Gasteiger partial charge in [-0.3, -0.25) is 4.79 Å². The Morgan fingerprint density at radius 1 is 1.26 bits per heavy atom. The molecule has 1 N–H and O–H groups in total. The van der Waals surface area contributed by atoms with Crippen molar-refractivity contribution < 1.29 is 13.6 Å². The number of aryl methyl sites for hydroxylation is 1. The molecule has 4 rings (SSSR count). The second-order valence-corrected chi connectivity index (χ2v) is 7.02. The van der Waals surface area contributed by atoms with Gasteiger partial charge in [0.1, 0.15) is 11.3 Å². The Labute approximate surface area is 158 Å². The van der Waals surface area contributed by atoms with Crippen LogP contribution in [-0.4, -0.2) is 22.4 Å². The smallest absolute Gasteiger partial charge is 0.251 e. The van der Waals surface area contributed by atoms with Crippen LogP contribution in [0.5, 0.6) is 0 Å². The highest BCUT2D eigenvalue weighted by Gasteiger charge is 2.12. The minimum Gasteiger partial charge on any atom is -0.436 e. The van der Waals surface area contributed by atoms with Crippen LogP contribution < -0.4 is 5.32 Å². The van der Waals surface area contributed by atoms with Gasteiger partial charge in [0.25, 0.3) is 5.91 Å². The van der Waals surface area contributed by atoms with E-state index in [1.807, 2.05) is 6.92 Å². The van der Waals surface area contributed by atoms with Crippen molar-refractivity contribution in [2.24, 2.45) is 0 Å². The van der Waals surface area contributed by atoms with Crippen LogP contribution in [0.15, 0.2) is 52.4 Å². The van der Waals surface area contributed by atoms with Crippen LogP contribution in [0.2, 0.25) is 0 Å². The van der Waals surface area contributed by atoms with Gasteiger partial charge in [-0.15, -0.1) is 11.3 Å². The molecular formula is C20H16FN3O2S. The molecule has 0 radical (unpaired) electrons. The average molecular weight is 381 g/mol. The lowest BCUT2D eigenvalue weighted by atomic mass is 10.2. The lowest BCUT2D eigenvalue weighted by molar-refractivity contribution is 0.0954. The predicted molar refractivity (Wildman–Crippen MR) is 102 cm³/mol. The molecule has 0 fully saturated rings. The van der Waals surface area contributed by atoms with E-state index in [-0.39, 0.29) is 11.7 Å². The quantitative estimate of drug-likeness (QED) is 0.557. The number of thiazole rings is 1. The Morgan fingerprint density at radius 2 is 2.15 bits per heavy atom. The van der Waals surface area contributed by atoms with E-state index in [2.05, 4.69) is 15.3 Å². The SMILES string of the molecule is Cc1ncsc1CCNC(=O)c1ccc2oc(-c3cccc(F)c3)nc2c1. The van der Waals surface area contributed by atoms with Crippen LogP contribution in [-0.2, 0) is 6.42 Å². The summed E-state index contributed by atoms with van der Waals surface area (Å²) in [4.78, 5) is 22.1. The van der Waals surface area contributed by atoms with Crippen molar-refractivity contribution in [3.8, 4) is 11.5 Å². The fraction of sp³-hybridized carbons (Fsp3) is 0.150. The molecule has 7 heteroatoms. The van der Waals surface area contributed by atoms with E-state index in [0.717, 1.165) is 12.1 Å². The molecule has 0 aliphatic carbocycles. The van der Waals surface area contributed by atoms with Gasteiger partial charge in [0, 0.05) is 29.0 Å². The summed E-state index contributed by atoms with van der Waals surface area (Å²) in [7, 11) is 0. The minimum absolute atomic E-state index is 0.172. The van der Waals surface area contributed by atoms with Crippen molar-refractivity contribution >= 4 is 28.3 Å². The molecule has 4 aromatic rings. The Balaban J connectivity index is 1.49. The first-order valence-corrected chi connectivity index (χ1v) is 9.32. The van der Waals surface area contributed by atoms with Crippen LogP contribution in [0, 0.1) is 12.7 Å². The number of amides is 1. The first kappa shape index (κ1) is 17.4. The molecule has 0 bridgehead atoms. The molecule has 5 nitrogen and oxygen atoms in total. The third-order valence-corrected chi connectivity index (χ3v) is 5.20. The summed E-state index contributed by atoms with van der Waals surface area (Å²) in [5.74, 6) is -0.205. The monoisotopic (exact) mass is 381 g/mol. The molecule has 0 spiro atoms. The second-order valence-electron chi connectivity index (χ2n) is 6.08. The summed E-state index contributed by atoms with van der Waals surface area (Å²) >= 11 is 1.59. The molecule has 0 saturated heterocycles. The van der Waals surface area contributed by atoms with Crippen LogP contribution in [0.4, 0.5) is 4.39 Å². The van der Waals surface area contributed by atoms with Crippen molar-refractivity contribution in [2.75, 3.05) is 6.54 Å². The van der Waals surface area contributed by atoms with Gasteiger partial charge in [0.2, 0.25) is 5.89 Å². The van der Waals surface area contributed by atoms with Gasteiger partial charge >= 0.3 is 0 Å². The Hall–Kier alpha value is -3.06. The van der Waals surface area contributed by atoms with Gasteiger partial charge in [0.05, 0.1) is 11.2 Å². The number of fused-ring (bicyclic) bond motifs is 1. The summed E-state index contributed by atoms with van der Waals surface area (Å²) in [6, 6.07) is 11.1. The molecular weight excluding hydrogens is 365 g/mol. The van der Waals surface area contributed by atoms with E-state index in [1.165, 1.54) is 17.0 Å². The van der Waals surface area contributed by atoms with Crippen LogP contribution >= 0.6 is 11.3 Å². The number of oxazole rings is 1. The number of hydrogen-bond acceptors (Lipinski definition) is 5. The zero-order chi connectivity index (χ0) is 18.8. The molecule has 1 amide bonds. The third kappa shape index (κ3) is 3.73. The van der Waals surface area contributed by atoms with E-state index >= 15 is 0 Å². The lowest BCUT2D eigenvalue weighted by Crippen LogP contribution is -2.25. The molecule has 0 aliphatic rings. The van der Waals surface area contributed by atoms with Crippen molar-refractivity contribution in [2.45, 2.75) is 13.3 Å². The largest absolute Gasteiger partial charge is 0.436 e. The Morgan fingerprint density at radius 3 is 2.93 bits per heavy atom. The van der Waals surface area contributed by atoms with Crippen molar-refractivity contribution in [1.82, 2.24) is 15.3 Å². The van der Waals surface area contributed by atoms with Gasteiger partial charge in [-0.05, 0) is 43.3 Å². The number of benzene rings is 2. The number of carbonyl (C=O) groups excluding carboxylic acids is 1. The summed E-state index contributed by atoms with van der Waals surface area (Å²) in [5.41, 5.74) is 4.97. The van der Waals surface area contributed by atoms with Crippen molar-refractivity contribution in [3.63, 3.8) is 0 Å². The number of hydrogen-bond donors (Lipinski definition) is 1. The normalized spacial score (nSPS) is 11.0. The first-order chi connectivity index (χ1) is 13.1. The van der Waals surface area contributed by atoms with Gasteiger partial charge in [-0.2, -0.15) is 0 Å². The number of nitrogens with zero attached hydrogens (tertiary/aromatic N) is 2. The third-order valence-electron chi connectivity index (χ3n) is 4.20. The molecule has 0 saturated carbocycles. The molecule has 0 unspecified atom stereocenters. The molecule has 2 heterocycles. The molecule has 136 valence electrons. The van der Waals surface area contributed by atoms with E-state index in [4.69, 9.17) is 4.42 Å². The highest BCUT2D eigenvalue weighted by molar-refractivity contribution is 7.09. The highest BCUT2D eigenvalue weighted by Crippen LogP contribution is 2.25. The highest BCUT2D eigenvalue weighted by atomic mass is 32.1. The number of aromatic nitrogens is 2. The number of carbonyl (C=O) groups is 1. The average Bonchev–Trinajstić information content (AvgIpc) is 3.27. The molecule has 2 aromatic carbocycles. The van der Waals surface area contributed by atoms with Gasteiger partial charge in [0.15, 0.2) is 5.58 Å². The fourth-order valence-corrected chi connectivity index (χ4v) is 3.55. The molecule has 0 atom stereocenters. The van der Waals surface area contributed by atoms with Crippen LogP contribution in [0.25, 0.3) is 22.6 Å². The zero-order valence-corrected chi connectivity index (χ0v) is 15.3. The molecule has 27 heavy (non-hydrogen) atoms. The fourth-order valence-electron chi connectivity index (χ4n) is 2.77. The van der Waals surface area contributed by atoms with Crippen LogP contribution in [0.3, 0.4) is 0 Å². The maximum atomic E-state index is 13.4. The van der Waals surface area contributed by atoms with Gasteiger partial charge < -0.3 is 9.73 Å². The van der Waals surface area contributed by atoms with E-state index in [9.17, 15) is 9.18 Å². The summed E-state index contributed by atoms with van der Waals surface area (Å²) < 4.78 is 19.1. The van der Waals surface area contributed by atoms with Crippen molar-refractivity contribution in [1.29, 1.82) is 0 Å². The number of rotatable bonds is 5. The van der Waals surface area contributed by atoms with E-state index in [1.54, 1.807) is 47.2 Å². The number of nitrogens with one attached hydrogen (secondary N) is 1. The van der Waals surface area contributed by atoms with Gasteiger partial charge in [-0.25, -0.2) is 14.4 Å². The standard InChI is InChI=1S/C20H16FN3O2S/c1-12-18(27-11-23-12)7-8-22-19(25)13-5-6-17-16(10-13)24-20(26-17)14-3-2-4-15(21)9-14/h2-6,9-11H,7-8H2,1H3,(H,22,25).